The van der Waals surface area contributed by atoms with Gasteiger partial charge in [0.05, 0.1) is 17.2 Å². The first kappa shape index (κ1) is 16.5. The van der Waals surface area contributed by atoms with Crippen molar-refractivity contribution in [2.45, 2.75) is 76.2 Å². The molecule has 2 N–H and O–H groups in total. The molecule has 1 fully saturated rings. The number of imidazole rings is 1. The van der Waals surface area contributed by atoms with Crippen molar-refractivity contribution in [3.8, 4) is 0 Å². The van der Waals surface area contributed by atoms with Crippen molar-refractivity contribution >= 4 is 10.0 Å². The minimum atomic E-state index is -3.79. The van der Waals surface area contributed by atoms with Gasteiger partial charge in [-0.2, -0.15) is 0 Å². The molecule has 1 saturated heterocycles. The van der Waals surface area contributed by atoms with Gasteiger partial charge in [0.25, 0.3) is 10.0 Å². The summed E-state index contributed by atoms with van der Waals surface area (Å²) in [5, 5.41) is 5.16. The Morgan fingerprint density at radius 3 is 2.48 bits per heavy atom. The van der Waals surface area contributed by atoms with Gasteiger partial charge < -0.3 is 9.30 Å². The summed E-state index contributed by atoms with van der Waals surface area (Å²) in [6.45, 7) is 10.2. The molecule has 1 unspecified atom stereocenters. The lowest BCUT2D eigenvalue weighted by atomic mass is 9.94. The summed E-state index contributed by atoms with van der Waals surface area (Å²) in [5.41, 5.74) is -0.633. The van der Waals surface area contributed by atoms with Crippen LogP contribution in [-0.2, 0) is 21.2 Å². The fourth-order valence-electron chi connectivity index (χ4n) is 3.19. The van der Waals surface area contributed by atoms with Crippen molar-refractivity contribution in [2.75, 3.05) is 0 Å². The minimum Gasteiger partial charge on any atom is -0.367 e. The van der Waals surface area contributed by atoms with Crippen LogP contribution in [0.5, 0.6) is 0 Å². The molecule has 0 amide bonds. The van der Waals surface area contributed by atoms with E-state index in [-0.39, 0.29) is 22.3 Å². The molecule has 0 radical (unpaired) electrons. The van der Waals surface area contributed by atoms with E-state index < -0.39 is 10.0 Å². The van der Waals surface area contributed by atoms with Crippen LogP contribution in [0.1, 0.15) is 59.3 Å². The maximum Gasteiger partial charge on any atom is 0.257 e. The number of ether oxygens (including phenoxy) is 1. The highest BCUT2D eigenvalue weighted by Gasteiger charge is 2.47. The Kier molecular flexibility index (Phi) is 3.97. The fourth-order valence-corrected chi connectivity index (χ4v) is 3.68. The molecular formula is C14H25N3O3S. The van der Waals surface area contributed by atoms with Crippen LogP contribution in [0.15, 0.2) is 11.2 Å². The largest absolute Gasteiger partial charge is 0.367 e. The van der Waals surface area contributed by atoms with Crippen molar-refractivity contribution in [2.24, 2.45) is 5.14 Å². The molecule has 2 rings (SSSR count). The molecule has 21 heavy (non-hydrogen) atoms. The van der Waals surface area contributed by atoms with Gasteiger partial charge in [0.2, 0.25) is 0 Å². The van der Waals surface area contributed by atoms with Crippen molar-refractivity contribution in [1.29, 1.82) is 0 Å². The van der Waals surface area contributed by atoms with E-state index in [2.05, 4.69) is 4.98 Å². The van der Waals surface area contributed by atoms with E-state index in [9.17, 15) is 8.42 Å². The van der Waals surface area contributed by atoms with E-state index in [0.717, 1.165) is 18.7 Å². The highest BCUT2D eigenvalue weighted by molar-refractivity contribution is 7.89. The van der Waals surface area contributed by atoms with E-state index in [0.29, 0.717) is 6.42 Å². The summed E-state index contributed by atoms with van der Waals surface area (Å²) in [4.78, 5) is 4.22. The van der Waals surface area contributed by atoms with Crippen LogP contribution < -0.4 is 5.14 Å². The van der Waals surface area contributed by atoms with E-state index in [1.165, 1.54) is 0 Å². The maximum absolute atomic E-state index is 11.6. The Labute approximate surface area is 126 Å². The van der Waals surface area contributed by atoms with Gasteiger partial charge in [-0.1, -0.05) is 6.92 Å². The third-order valence-corrected chi connectivity index (χ3v) is 4.69. The highest BCUT2D eigenvalue weighted by Crippen LogP contribution is 2.45. The second-order valence-electron chi connectivity index (χ2n) is 6.88. The third kappa shape index (κ3) is 3.30. The Morgan fingerprint density at radius 2 is 2.05 bits per heavy atom. The van der Waals surface area contributed by atoms with Crippen LogP contribution in [0.25, 0.3) is 0 Å². The van der Waals surface area contributed by atoms with Gasteiger partial charge in [-0.15, -0.1) is 0 Å². The topological polar surface area (TPSA) is 87.2 Å². The standard InChI is InChI=1S/C14H25N3O3S/c1-6-7-11-16-12(21(15,18)19)9-17(11)10-8-13(2,3)20-14(10,4)5/h9-10H,6-8H2,1-5H3,(H2,15,18,19). The average molecular weight is 315 g/mol. The minimum absolute atomic E-state index is 0.0389. The van der Waals surface area contributed by atoms with Gasteiger partial charge >= 0.3 is 0 Å². The quantitative estimate of drug-likeness (QED) is 0.920. The van der Waals surface area contributed by atoms with E-state index in [1.807, 2.05) is 39.2 Å². The normalized spacial score (nSPS) is 24.4. The van der Waals surface area contributed by atoms with Crippen LogP contribution in [0.4, 0.5) is 0 Å². The lowest BCUT2D eigenvalue weighted by Gasteiger charge is -2.28. The molecule has 6 nitrogen and oxygen atoms in total. The number of hydrogen-bond acceptors (Lipinski definition) is 4. The highest BCUT2D eigenvalue weighted by atomic mass is 32.2. The predicted molar refractivity (Wildman–Crippen MR) is 80.5 cm³/mol. The molecule has 1 aromatic rings. The van der Waals surface area contributed by atoms with Crippen LogP contribution in [0.3, 0.4) is 0 Å². The van der Waals surface area contributed by atoms with Crippen LogP contribution in [-0.4, -0.2) is 29.2 Å². The molecular weight excluding hydrogens is 290 g/mol. The van der Waals surface area contributed by atoms with Crippen molar-refractivity contribution in [3.63, 3.8) is 0 Å². The van der Waals surface area contributed by atoms with Crippen LogP contribution in [0, 0.1) is 0 Å². The van der Waals surface area contributed by atoms with Gasteiger partial charge in [-0.05, 0) is 40.5 Å². The predicted octanol–water partition coefficient (Wildman–Crippen LogP) is 2.00. The first-order chi connectivity index (χ1) is 9.46. The van der Waals surface area contributed by atoms with Crippen LogP contribution in [0.2, 0.25) is 0 Å². The molecule has 0 bridgehead atoms. The van der Waals surface area contributed by atoms with Crippen molar-refractivity contribution in [1.82, 2.24) is 9.55 Å². The number of nitrogens with zero attached hydrogens (tertiary/aromatic N) is 2. The number of sulfonamides is 1. The van der Waals surface area contributed by atoms with E-state index >= 15 is 0 Å². The zero-order valence-corrected chi connectivity index (χ0v) is 14.2. The van der Waals surface area contributed by atoms with E-state index in [1.54, 1.807) is 6.20 Å². The van der Waals surface area contributed by atoms with Gasteiger partial charge in [-0.3, -0.25) is 0 Å². The molecule has 0 aromatic carbocycles. The number of nitrogens with two attached hydrogens (primary N) is 1. The lowest BCUT2D eigenvalue weighted by molar-refractivity contribution is -0.0731. The summed E-state index contributed by atoms with van der Waals surface area (Å²) in [6.07, 6.45) is 3.95. The monoisotopic (exact) mass is 315 g/mol. The second kappa shape index (κ2) is 5.07. The molecule has 1 aliphatic heterocycles. The molecule has 2 heterocycles. The number of primary sulfonamides is 1. The first-order valence-corrected chi connectivity index (χ1v) is 8.81. The summed E-state index contributed by atoms with van der Waals surface area (Å²) in [6, 6.07) is 0.0389. The summed E-state index contributed by atoms with van der Waals surface area (Å²) < 4.78 is 31.2. The molecule has 7 heteroatoms. The fraction of sp³-hybridized carbons (Fsp3) is 0.786. The first-order valence-electron chi connectivity index (χ1n) is 7.27. The van der Waals surface area contributed by atoms with Crippen LogP contribution >= 0.6 is 0 Å². The molecule has 0 spiro atoms. The number of aromatic nitrogens is 2. The smallest absolute Gasteiger partial charge is 0.257 e. The molecule has 0 aliphatic carbocycles. The maximum atomic E-state index is 11.6. The van der Waals surface area contributed by atoms with Gasteiger partial charge in [0.1, 0.15) is 5.82 Å². The molecule has 120 valence electrons. The Morgan fingerprint density at radius 1 is 1.43 bits per heavy atom. The van der Waals surface area contributed by atoms with Crippen molar-refractivity contribution < 1.29 is 13.2 Å². The van der Waals surface area contributed by atoms with E-state index in [4.69, 9.17) is 9.88 Å². The van der Waals surface area contributed by atoms with Gasteiger partial charge in [-0.25, -0.2) is 18.5 Å². The molecule has 1 atom stereocenters. The zero-order valence-electron chi connectivity index (χ0n) is 13.4. The molecule has 1 aliphatic rings. The average Bonchev–Trinajstić information content (AvgIpc) is 2.76. The molecule has 1 aromatic heterocycles. The SMILES string of the molecule is CCCc1nc(S(N)(=O)=O)cn1C1CC(C)(C)OC1(C)C. The lowest BCUT2D eigenvalue weighted by Crippen LogP contribution is -2.31. The Hall–Kier alpha value is -0.920. The number of aryl methyl sites for hydroxylation is 1. The Bertz CT molecular complexity index is 632. The number of rotatable bonds is 4. The summed E-state index contributed by atoms with van der Waals surface area (Å²) >= 11 is 0. The zero-order chi connectivity index (χ0) is 16.1. The third-order valence-electron chi connectivity index (χ3n) is 3.91. The van der Waals surface area contributed by atoms with Crippen molar-refractivity contribution in [3.05, 3.63) is 12.0 Å². The van der Waals surface area contributed by atoms with Gasteiger partial charge in [0, 0.05) is 12.6 Å². The van der Waals surface area contributed by atoms with Gasteiger partial charge in [0.15, 0.2) is 5.03 Å². The second-order valence-corrected chi connectivity index (χ2v) is 8.39. The summed E-state index contributed by atoms with van der Waals surface area (Å²) in [5.74, 6) is 0.751. The summed E-state index contributed by atoms with van der Waals surface area (Å²) in [7, 11) is -3.79. The Balaban J connectivity index is 2.50. The number of hydrogen-bond donors (Lipinski definition) is 1. The molecule has 0 saturated carbocycles.